The van der Waals surface area contributed by atoms with E-state index in [2.05, 4.69) is 99.9 Å². The molecule has 6 heterocycles. The van der Waals surface area contributed by atoms with Crippen LogP contribution in [0, 0.1) is 0 Å². The average molecular weight is 1270 g/mol. The van der Waals surface area contributed by atoms with E-state index >= 15 is 0 Å². The number of carbonyl (C=O) groups is 3. The molecule has 0 saturated carbocycles. The Morgan fingerprint density at radius 1 is 0.613 bits per heavy atom. The molecule has 3 amide bonds. The lowest BCUT2D eigenvalue weighted by Crippen LogP contribution is -2.36. The Balaban J connectivity index is 0.000000236. The number of nitrogens with one attached hydrogen (secondary N) is 5. The lowest BCUT2D eigenvalue weighted by molar-refractivity contribution is -0.191. The maximum Gasteiger partial charge on any atom is 0.373 e. The van der Waals surface area contributed by atoms with Crippen LogP contribution in [-0.4, -0.2) is 176 Å². The lowest BCUT2D eigenvalue weighted by Gasteiger charge is -2.28. The van der Waals surface area contributed by atoms with Crippen LogP contribution < -0.4 is 41.8 Å². The summed E-state index contributed by atoms with van der Waals surface area (Å²) in [6.07, 6.45) is 12.9. The van der Waals surface area contributed by atoms with E-state index < -0.39 is 0 Å². The second-order valence-electron chi connectivity index (χ2n) is 23.8. The molecule has 7 N–H and O–H groups in total. The van der Waals surface area contributed by atoms with E-state index in [1.54, 1.807) is 63.6 Å². The summed E-state index contributed by atoms with van der Waals surface area (Å²) in [4.78, 5) is 81.9. The molecule has 0 bridgehead atoms. The first-order valence-electron chi connectivity index (χ1n) is 31.0. The number of carbonyl (C=O) groups excluding carboxylic acids is 5. The van der Waals surface area contributed by atoms with E-state index in [0.29, 0.717) is 83.1 Å². The van der Waals surface area contributed by atoms with E-state index in [1.807, 2.05) is 100 Å². The number of hydrogen-bond acceptors (Lipinski definition) is 20. The van der Waals surface area contributed by atoms with Gasteiger partial charge in [-0.2, -0.15) is 48.8 Å². The molecule has 25 heteroatoms. The predicted octanol–water partition coefficient (Wildman–Crippen LogP) is 8.96. The fourth-order valence-corrected chi connectivity index (χ4v) is 9.89. The van der Waals surface area contributed by atoms with Crippen LogP contribution in [0.2, 0.25) is 0 Å². The number of fused-ring (bicyclic) bond motifs is 2. The van der Waals surface area contributed by atoms with Crippen molar-refractivity contribution in [1.82, 2.24) is 58.8 Å². The van der Waals surface area contributed by atoms with Gasteiger partial charge in [0.15, 0.2) is 11.3 Å². The third-order valence-electron chi connectivity index (χ3n) is 15.1. The van der Waals surface area contributed by atoms with Crippen LogP contribution in [0.5, 0.6) is 12.0 Å². The first kappa shape index (κ1) is 70.5. The van der Waals surface area contributed by atoms with Crippen LogP contribution in [0.1, 0.15) is 108 Å². The van der Waals surface area contributed by atoms with Gasteiger partial charge in [-0.1, -0.05) is 76.2 Å². The molecule has 8 aromatic rings. The number of para-hydroxylation sites is 2. The number of ether oxygens (including phenoxy) is 2. The van der Waals surface area contributed by atoms with Gasteiger partial charge in [0.1, 0.15) is 12.2 Å². The summed E-state index contributed by atoms with van der Waals surface area (Å²) in [5.74, 6) is 0.822. The van der Waals surface area contributed by atoms with Gasteiger partial charge in [0.2, 0.25) is 17.8 Å². The predicted molar refractivity (Wildman–Crippen MR) is 363 cm³/mol. The second kappa shape index (κ2) is 35.1. The lowest BCUT2D eigenvalue weighted by atomic mass is 10.1. The van der Waals surface area contributed by atoms with Crippen molar-refractivity contribution in [2.45, 2.75) is 90.5 Å². The van der Waals surface area contributed by atoms with Gasteiger partial charge in [0, 0.05) is 103 Å². The zero-order valence-corrected chi connectivity index (χ0v) is 54.9. The molecular weight excluding hydrogens is 1180 g/mol. The molecule has 2 aliphatic heterocycles. The van der Waals surface area contributed by atoms with Crippen LogP contribution >= 0.6 is 0 Å². The molecule has 2 fully saturated rings. The molecule has 4 aromatic heterocycles. The normalized spacial score (nSPS) is 13.7. The number of aromatic nitrogens is 8. The molecule has 0 radical (unpaired) electrons. The number of rotatable bonds is 22. The van der Waals surface area contributed by atoms with Gasteiger partial charge in [-0.25, -0.2) is 0 Å². The Labute approximate surface area is 543 Å². The Bertz CT molecular complexity index is 3790. The number of likely N-dealkylation sites (tertiary alicyclic amines) is 2. The highest BCUT2D eigenvalue weighted by molar-refractivity contribution is 6.06. The van der Waals surface area contributed by atoms with Gasteiger partial charge in [-0.05, 0) is 152 Å². The summed E-state index contributed by atoms with van der Waals surface area (Å²) in [5, 5.41) is 24.8. The number of nitrogen functional groups attached to an aromatic ring is 1. The van der Waals surface area contributed by atoms with Crippen molar-refractivity contribution in [3.63, 3.8) is 0 Å². The highest BCUT2D eigenvalue weighted by Gasteiger charge is 2.25. The van der Waals surface area contributed by atoms with Crippen molar-refractivity contribution in [3.05, 3.63) is 168 Å². The number of benzene rings is 4. The molecule has 2 saturated heterocycles. The monoisotopic (exact) mass is 1270 g/mol. The minimum Gasteiger partial charge on any atom is -0.460 e. The number of anilines is 6. The zero-order valence-electron chi connectivity index (χ0n) is 54.9. The molecule has 10 rings (SSSR count). The molecule has 4 aromatic carbocycles. The van der Waals surface area contributed by atoms with E-state index in [4.69, 9.17) is 44.7 Å². The molecule has 0 aliphatic carbocycles. The number of amides is 3. The highest BCUT2D eigenvalue weighted by Crippen LogP contribution is 2.28. The van der Waals surface area contributed by atoms with E-state index in [0.717, 1.165) is 86.3 Å². The minimum absolute atomic E-state index is 0.0584. The van der Waals surface area contributed by atoms with Gasteiger partial charge in [0.05, 0.1) is 12.4 Å². The molecule has 492 valence electrons. The summed E-state index contributed by atoms with van der Waals surface area (Å²) < 4.78 is 15.9. The number of hydrogen-bond donors (Lipinski definition) is 6. The molecule has 93 heavy (non-hydrogen) atoms. The van der Waals surface area contributed by atoms with E-state index in [9.17, 15) is 14.4 Å². The van der Waals surface area contributed by atoms with E-state index in [-0.39, 0.29) is 47.9 Å². The minimum atomic E-state index is -0.261. The fraction of sp³-hybridized carbons (Fsp3) is 0.382. The van der Waals surface area contributed by atoms with Crippen LogP contribution in [0.25, 0.3) is 11.3 Å². The van der Waals surface area contributed by atoms with Crippen molar-refractivity contribution in [2.24, 2.45) is 0 Å². The van der Waals surface area contributed by atoms with Gasteiger partial charge < -0.3 is 61.4 Å². The average Bonchev–Trinajstić information content (AvgIpc) is 1.70. The van der Waals surface area contributed by atoms with Crippen LogP contribution in [-0.2, 0) is 27.5 Å². The maximum absolute atomic E-state index is 13.2. The molecule has 25 nitrogen and oxygen atoms in total. The Morgan fingerprint density at radius 2 is 1.02 bits per heavy atom. The summed E-state index contributed by atoms with van der Waals surface area (Å²) in [7, 11) is 12.1. The van der Waals surface area contributed by atoms with Crippen molar-refractivity contribution < 1.29 is 33.4 Å². The van der Waals surface area contributed by atoms with Gasteiger partial charge in [-0.3, -0.25) is 14.4 Å². The first-order valence-corrected chi connectivity index (χ1v) is 31.0. The SMILES string of the molecule is C=CCN(C)C.CC(C)c1cnn2c(NCc3ccccc3NC(=O)c3ccc(N)cc3)nc(OC3CCN(C)CC3)nc12.CC(C)c1cnn2c(NCc3ccccc3NC(=O)c3ccc(NC(=O)/C=C/CN(C)C)cc3)nc(OC3CCN(C)CC3)nc12.O=C=O. The second-order valence-corrected chi connectivity index (χ2v) is 23.8. The van der Waals surface area contributed by atoms with E-state index in [1.165, 1.54) is 6.08 Å². The Morgan fingerprint density at radius 3 is 1.41 bits per heavy atom. The van der Waals surface area contributed by atoms with Crippen molar-refractivity contribution in [3.8, 4) is 12.0 Å². The van der Waals surface area contributed by atoms with Gasteiger partial charge >= 0.3 is 18.2 Å². The number of piperidine rings is 2. The van der Waals surface area contributed by atoms with Crippen LogP contribution in [0.3, 0.4) is 0 Å². The summed E-state index contributed by atoms with van der Waals surface area (Å²) in [5.41, 5.74) is 14.6. The summed E-state index contributed by atoms with van der Waals surface area (Å²) >= 11 is 0. The highest BCUT2D eigenvalue weighted by atomic mass is 16.5. The Kier molecular flexibility index (Phi) is 26.6. The number of nitrogens with zero attached hydrogens (tertiary/aromatic N) is 12. The molecular formula is C68H88N18O7. The third-order valence-corrected chi connectivity index (χ3v) is 15.1. The number of nitrogens with two attached hydrogens (primary N) is 1. The maximum atomic E-state index is 13.2. The molecule has 0 spiro atoms. The standard InChI is InChI=1S/C34H43N9O3.C28H34N8O2.C5H11N.CO2/c1-23(2)28-22-36-43-31(28)39-34(46-27-16-19-42(5)20-17-27)40-33(43)35-21-25-9-6-7-10-29(25)38-32(45)24-12-14-26(15-13-24)37-30(44)11-8-18-41(3)4;1-18(2)23-17-31-36-25(23)33-28(38-22-12-14-35(3)15-13-22)34-27(36)30-16-20-6-4-5-7-24(20)32-26(37)19-8-10-21(29)11-9-19;1-4-5-6(2)3;2-1-3/h6-15,22-23,27H,16-21H2,1-5H3,(H,37,44)(H,38,45)(H,35,39,40);4-11,17-18,22H,12-16,29H2,1-3H3,(H,32,37)(H,30,33,34);4H,1,5H2,2-3H3;/b11-8+;;;. The van der Waals surface area contributed by atoms with Crippen molar-refractivity contribution in [1.29, 1.82) is 0 Å². The van der Waals surface area contributed by atoms with Crippen LogP contribution in [0.4, 0.5) is 34.6 Å². The van der Waals surface area contributed by atoms with Gasteiger partial charge in [-0.15, -0.1) is 6.58 Å². The quantitative estimate of drug-likeness (QED) is 0.0210. The fourth-order valence-electron chi connectivity index (χ4n) is 9.89. The molecule has 0 atom stereocenters. The smallest absolute Gasteiger partial charge is 0.373 e. The van der Waals surface area contributed by atoms with Gasteiger partial charge in [0.25, 0.3) is 11.8 Å². The largest absolute Gasteiger partial charge is 0.460 e. The molecule has 2 aliphatic rings. The zero-order chi connectivity index (χ0) is 67.0. The van der Waals surface area contributed by atoms with Crippen LogP contribution in [0.15, 0.2) is 134 Å². The molecule has 0 unspecified atom stereocenters. The topological polar surface area (TPSA) is 289 Å². The third kappa shape index (κ3) is 21.3. The Hall–Kier alpha value is -9.91. The van der Waals surface area contributed by atoms with Crippen molar-refractivity contribution >= 4 is 69.8 Å². The first-order chi connectivity index (χ1) is 44.7. The summed E-state index contributed by atoms with van der Waals surface area (Å²) in [6.45, 7) is 18.4. The van der Waals surface area contributed by atoms with Crippen molar-refractivity contribution in [2.75, 3.05) is 114 Å². The summed E-state index contributed by atoms with van der Waals surface area (Å²) in [6, 6.07) is 29.6. The number of likely N-dealkylation sites (N-methyl/N-ethyl adjacent to an activating group) is 2.